The largest absolute Gasteiger partial charge is 0.352 e. The number of hydrogen-bond donors (Lipinski definition) is 1. The lowest BCUT2D eigenvalue weighted by Gasteiger charge is -2.22. The number of benzene rings is 1. The maximum Gasteiger partial charge on any atom is 0.240 e. The molecule has 1 amide bonds. The molecule has 0 unspecified atom stereocenters. The third-order valence-electron chi connectivity index (χ3n) is 2.33. The molecule has 0 aliphatic carbocycles. The van der Waals surface area contributed by atoms with Gasteiger partial charge in [0, 0.05) is 12.1 Å². The van der Waals surface area contributed by atoms with Crippen molar-refractivity contribution in [2.75, 3.05) is 17.1 Å². The van der Waals surface area contributed by atoms with E-state index in [0.29, 0.717) is 4.31 Å². The van der Waals surface area contributed by atoms with E-state index in [9.17, 15) is 22.0 Å². The van der Waals surface area contributed by atoms with Crippen molar-refractivity contribution in [1.29, 1.82) is 0 Å². The molecule has 1 aromatic rings. The van der Waals surface area contributed by atoms with Crippen molar-refractivity contribution >= 4 is 21.6 Å². The molecule has 0 bridgehead atoms. The highest BCUT2D eigenvalue weighted by atomic mass is 32.2. The van der Waals surface area contributed by atoms with E-state index in [1.165, 1.54) is 0 Å². The first-order valence-electron chi connectivity index (χ1n) is 5.83. The van der Waals surface area contributed by atoms with Crippen molar-refractivity contribution in [3.8, 4) is 0 Å². The first kappa shape index (κ1) is 16.4. The van der Waals surface area contributed by atoms with Crippen molar-refractivity contribution in [1.82, 2.24) is 5.32 Å². The van der Waals surface area contributed by atoms with Crippen LogP contribution in [0.3, 0.4) is 0 Å². The quantitative estimate of drug-likeness (QED) is 0.890. The average molecular weight is 306 g/mol. The van der Waals surface area contributed by atoms with Crippen LogP contribution in [0.1, 0.15) is 13.8 Å². The summed E-state index contributed by atoms with van der Waals surface area (Å²) >= 11 is 0. The summed E-state index contributed by atoms with van der Waals surface area (Å²) in [5.74, 6) is -2.80. The zero-order chi connectivity index (χ0) is 15.5. The van der Waals surface area contributed by atoms with Crippen LogP contribution in [0.4, 0.5) is 14.5 Å². The zero-order valence-electron chi connectivity index (χ0n) is 11.4. The Morgan fingerprint density at radius 2 is 1.90 bits per heavy atom. The number of anilines is 1. The molecule has 0 atom stereocenters. The molecule has 5 nitrogen and oxygen atoms in total. The Balaban J connectivity index is 3.08. The highest BCUT2D eigenvalue weighted by Gasteiger charge is 2.22. The molecule has 1 rings (SSSR count). The Bertz CT molecular complexity index is 603. The molecule has 20 heavy (non-hydrogen) atoms. The Kier molecular flexibility index (Phi) is 5.04. The van der Waals surface area contributed by atoms with Gasteiger partial charge in [-0.3, -0.25) is 9.10 Å². The fourth-order valence-electron chi connectivity index (χ4n) is 1.54. The number of nitrogens with one attached hydrogen (secondary N) is 1. The summed E-state index contributed by atoms with van der Waals surface area (Å²) in [6.45, 7) is 2.95. The fraction of sp³-hybridized carbons (Fsp3) is 0.417. The number of halogens is 2. The van der Waals surface area contributed by atoms with Crippen LogP contribution in [0, 0.1) is 11.6 Å². The monoisotopic (exact) mass is 306 g/mol. The highest BCUT2D eigenvalue weighted by molar-refractivity contribution is 7.92. The SMILES string of the molecule is CC(C)NC(=O)CN(c1ccc(F)c(F)c1)S(C)(=O)=O. The van der Waals surface area contributed by atoms with Gasteiger partial charge in [0.1, 0.15) is 6.54 Å². The maximum atomic E-state index is 13.2. The molecule has 1 N–H and O–H groups in total. The second-order valence-corrected chi connectivity index (χ2v) is 6.50. The van der Waals surface area contributed by atoms with Gasteiger partial charge in [-0.25, -0.2) is 17.2 Å². The van der Waals surface area contributed by atoms with Gasteiger partial charge in [-0.1, -0.05) is 0 Å². The molecule has 8 heteroatoms. The predicted molar refractivity (Wildman–Crippen MR) is 71.8 cm³/mol. The fourth-order valence-corrected chi connectivity index (χ4v) is 2.39. The van der Waals surface area contributed by atoms with E-state index in [1.807, 2.05) is 0 Å². The van der Waals surface area contributed by atoms with E-state index in [4.69, 9.17) is 0 Å². The van der Waals surface area contributed by atoms with Crippen LogP contribution < -0.4 is 9.62 Å². The molecule has 0 fully saturated rings. The highest BCUT2D eigenvalue weighted by Crippen LogP contribution is 2.20. The third kappa shape index (κ3) is 4.44. The van der Waals surface area contributed by atoms with Gasteiger partial charge >= 0.3 is 0 Å². The molecular formula is C12H16F2N2O3S. The van der Waals surface area contributed by atoms with Crippen LogP contribution in [-0.2, 0) is 14.8 Å². The van der Waals surface area contributed by atoms with Gasteiger partial charge in [0.05, 0.1) is 11.9 Å². The Labute approximate surface area is 116 Å². The zero-order valence-corrected chi connectivity index (χ0v) is 12.2. The van der Waals surface area contributed by atoms with Crippen molar-refractivity contribution in [2.45, 2.75) is 19.9 Å². The van der Waals surface area contributed by atoms with E-state index in [0.717, 1.165) is 24.5 Å². The van der Waals surface area contributed by atoms with Gasteiger partial charge in [0.2, 0.25) is 15.9 Å². The van der Waals surface area contributed by atoms with Gasteiger partial charge in [0.15, 0.2) is 11.6 Å². The lowest BCUT2D eigenvalue weighted by Crippen LogP contribution is -2.42. The first-order chi connectivity index (χ1) is 9.11. The van der Waals surface area contributed by atoms with Gasteiger partial charge in [-0.2, -0.15) is 0 Å². The predicted octanol–water partition coefficient (Wildman–Crippen LogP) is 1.26. The summed E-state index contributed by atoms with van der Waals surface area (Å²) in [4.78, 5) is 11.7. The summed E-state index contributed by atoms with van der Waals surface area (Å²) < 4.78 is 50.1. The van der Waals surface area contributed by atoms with Crippen LogP contribution in [0.25, 0.3) is 0 Å². The summed E-state index contributed by atoms with van der Waals surface area (Å²) in [7, 11) is -3.80. The first-order valence-corrected chi connectivity index (χ1v) is 7.68. The standard InChI is InChI=1S/C12H16F2N2O3S/c1-8(2)15-12(17)7-16(20(3,18)19)9-4-5-10(13)11(14)6-9/h4-6,8H,7H2,1-3H3,(H,15,17). The number of carbonyl (C=O) groups excluding carboxylic acids is 1. The summed E-state index contributed by atoms with van der Waals surface area (Å²) in [5, 5.41) is 2.53. The molecule has 0 saturated heterocycles. The van der Waals surface area contributed by atoms with Crippen LogP contribution in [0.5, 0.6) is 0 Å². The summed E-state index contributed by atoms with van der Waals surface area (Å²) in [6, 6.07) is 2.48. The average Bonchev–Trinajstić information content (AvgIpc) is 2.27. The minimum atomic E-state index is -3.80. The van der Waals surface area contributed by atoms with Crippen molar-refractivity contribution in [3.63, 3.8) is 0 Å². The van der Waals surface area contributed by atoms with E-state index in [2.05, 4.69) is 5.32 Å². The molecule has 1 aromatic carbocycles. The van der Waals surface area contributed by atoms with Crippen LogP contribution in [0.15, 0.2) is 18.2 Å². The van der Waals surface area contributed by atoms with E-state index in [-0.39, 0.29) is 11.7 Å². The van der Waals surface area contributed by atoms with E-state index >= 15 is 0 Å². The van der Waals surface area contributed by atoms with Gasteiger partial charge < -0.3 is 5.32 Å². The lowest BCUT2D eigenvalue weighted by atomic mass is 10.3. The minimum absolute atomic E-state index is 0.106. The molecule has 0 saturated carbocycles. The van der Waals surface area contributed by atoms with Crippen LogP contribution >= 0.6 is 0 Å². The summed E-state index contributed by atoms with van der Waals surface area (Å²) in [5.41, 5.74) is -0.106. The smallest absolute Gasteiger partial charge is 0.240 e. The van der Waals surface area contributed by atoms with Crippen LogP contribution in [-0.4, -0.2) is 33.2 Å². The molecule has 0 aromatic heterocycles. The topological polar surface area (TPSA) is 66.5 Å². The number of nitrogens with zero attached hydrogens (tertiary/aromatic N) is 1. The summed E-state index contributed by atoms with van der Waals surface area (Å²) in [6.07, 6.45) is 0.886. The van der Waals surface area contributed by atoms with Crippen molar-refractivity contribution in [2.24, 2.45) is 0 Å². The Hall–Kier alpha value is -1.70. The number of sulfonamides is 1. The molecule has 0 spiro atoms. The van der Waals surface area contributed by atoms with E-state index in [1.54, 1.807) is 13.8 Å². The second-order valence-electron chi connectivity index (χ2n) is 4.59. The molecule has 0 aliphatic heterocycles. The van der Waals surface area contributed by atoms with Gasteiger partial charge in [-0.05, 0) is 26.0 Å². The molecule has 0 radical (unpaired) electrons. The van der Waals surface area contributed by atoms with Crippen molar-refractivity contribution in [3.05, 3.63) is 29.8 Å². The molecule has 0 aliphatic rings. The maximum absolute atomic E-state index is 13.2. The third-order valence-corrected chi connectivity index (χ3v) is 3.47. The number of hydrogen-bond acceptors (Lipinski definition) is 3. The lowest BCUT2D eigenvalue weighted by molar-refractivity contribution is -0.120. The van der Waals surface area contributed by atoms with Gasteiger partial charge in [0.25, 0.3) is 0 Å². The number of carbonyl (C=O) groups is 1. The van der Waals surface area contributed by atoms with Gasteiger partial charge in [-0.15, -0.1) is 0 Å². The minimum Gasteiger partial charge on any atom is -0.352 e. The van der Waals surface area contributed by atoms with Crippen LogP contribution in [0.2, 0.25) is 0 Å². The Morgan fingerprint density at radius 1 is 1.30 bits per heavy atom. The Morgan fingerprint density at radius 3 is 2.35 bits per heavy atom. The van der Waals surface area contributed by atoms with E-state index < -0.39 is 34.1 Å². The molecular weight excluding hydrogens is 290 g/mol. The second kappa shape index (κ2) is 6.17. The molecule has 112 valence electrons. The molecule has 0 heterocycles. The normalized spacial score (nSPS) is 11.5. The van der Waals surface area contributed by atoms with Crippen molar-refractivity contribution < 1.29 is 22.0 Å². The number of amides is 1. The number of rotatable bonds is 5.